The molecule has 20 heavy (non-hydrogen) atoms. The molecular weight excluding hydrogens is 259 g/mol. The van der Waals surface area contributed by atoms with Gasteiger partial charge in [0.2, 0.25) is 0 Å². The molecule has 0 aliphatic rings. The van der Waals surface area contributed by atoms with Gasteiger partial charge in [0.05, 0.1) is 5.56 Å². The number of aromatic amines is 1. The van der Waals surface area contributed by atoms with Gasteiger partial charge in [0.15, 0.2) is 5.82 Å². The normalized spacial score (nSPS) is 10.6. The quantitative estimate of drug-likeness (QED) is 0.750. The van der Waals surface area contributed by atoms with Crippen LogP contribution in [0.1, 0.15) is 35.0 Å². The Kier molecular flexibility index (Phi) is 4.02. The lowest BCUT2D eigenvalue weighted by atomic mass is 10.1. The number of nitrogen functional groups attached to an aromatic ring is 1. The molecule has 0 unspecified atom stereocenters. The molecule has 0 atom stereocenters. The molecule has 0 aliphatic carbocycles. The fourth-order valence-electron chi connectivity index (χ4n) is 1.97. The van der Waals surface area contributed by atoms with Crippen LogP contribution in [0.15, 0.2) is 18.2 Å². The van der Waals surface area contributed by atoms with Crippen molar-refractivity contribution in [1.29, 1.82) is 0 Å². The first-order chi connectivity index (χ1) is 9.51. The molecule has 0 bridgehead atoms. The zero-order chi connectivity index (χ0) is 14.7. The molecule has 0 spiro atoms. The van der Waals surface area contributed by atoms with E-state index in [0.717, 1.165) is 18.5 Å². The molecule has 5 nitrogen and oxygen atoms in total. The smallest absolute Gasteiger partial charge is 0.259 e. The molecule has 1 amide bonds. The molecule has 1 aromatic heterocycles. The standard InChI is InChI=1S/C14H17FN4O/c1-3-4-10-7-12(19-18-10)17-14(20)11-6-9(16)5-8(2)13(11)15/h5-7H,3-4,16H2,1-2H3,(H2,17,18,19,20). The lowest BCUT2D eigenvalue weighted by molar-refractivity contribution is 0.102. The van der Waals surface area contributed by atoms with Gasteiger partial charge in [-0.3, -0.25) is 9.89 Å². The number of amides is 1. The fourth-order valence-corrected chi connectivity index (χ4v) is 1.97. The SMILES string of the molecule is CCCc1cc(NC(=O)c2cc(N)cc(C)c2F)n[nH]1. The molecule has 4 N–H and O–H groups in total. The number of anilines is 2. The number of nitrogens with zero attached hydrogens (tertiary/aromatic N) is 1. The maximum Gasteiger partial charge on any atom is 0.259 e. The molecule has 2 rings (SSSR count). The summed E-state index contributed by atoms with van der Waals surface area (Å²) in [4.78, 5) is 12.0. The summed E-state index contributed by atoms with van der Waals surface area (Å²) in [5, 5.41) is 9.34. The van der Waals surface area contributed by atoms with Crippen molar-refractivity contribution in [3.05, 3.63) is 40.8 Å². The number of carbonyl (C=O) groups excluding carboxylic acids is 1. The average Bonchev–Trinajstić information content (AvgIpc) is 2.81. The molecule has 0 radical (unpaired) electrons. The third kappa shape index (κ3) is 2.96. The van der Waals surface area contributed by atoms with E-state index < -0.39 is 11.7 Å². The van der Waals surface area contributed by atoms with Crippen LogP contribution in [0.4, 0.5) is 15.9 Å². The minimum atomic E-state index is -0.569. The van der Waals surface area contributed by atoms with E-state index in [0.29, 0.717) is 17.1 Å². The third-order valence-electron chi connectivity index (χ3n) is 2.91. The number of aryl methyl sites for hydroxylation is 2. The Hall–Kier alpha value is -2.37. The van der Waals surface area contributed by atoms with Crippen molar-refractivity contribution in [1.82, 2.24) is 10.2 Å². The van der Waals surface area contributed by atoms with Crippen molar-refractivity contribution in [2.24, 2.45) is 0 Å². The highest BCUT2D eigenvalue weighted by Gasteiger charge is 2.15. The molecule has 106 valence electrons. The molecule has 1 aromatic carbocycles. The zero-order valence-electron chi connectivity index (χ0n) is 11.5. The number of H-pyrrole nitrogens is 1. The first-order valence-electron chi connectivity index (χ1n) is 6.42. The summed E-state index contributed by atoms with van der Waals surface area (Å²) >= 11 is 0. The Bertz CT molecular complexity index is 636. The monoisotopic (exact) mass is 276 g/mol. The first kappa shape index (κ1) is 14.0. The van der Waals surface area contributed by atoms with Crippen molar-refractivity contribution >= 4 is 17.4 Å². The number of nitrogens with two attached hydrogens (primary N) is 1. The Morgan fingerprint density at radius 3 is 2.90 bits per heavy atom. The molecule has 0 aliphatic heterocycles. The third-order valence-corrected chi connectivity index (χ3v) is 2.91. The highest BCUT2D eigenvalue weighted by Crippen LogP contribution is 2.18. The maximum absolute atomic E-state index is 13.9. The van der Waals surface area contributed by atoms with Crippen LogP contribution in [0.3, 0.4) is 0 Å². The van der Waals surface area contributed by atoms with Gasteiger partial charge >= 0.3 is 0 Å². The summed E-state index contributed by atoms with van der Waals surface area (Å²) < 4.78 is 13.9. The van der Waals surface area contributed by atoms with Crippen LogP contribution in [0.2, 0.25) is 0 Å². The number of aromatic nitrogens is 2. The molecule has 0 saturated carbocycles. The number of carbonyl (C=O) groups is 1. The number of hydrogen-bond acceptors (Lipinski definition) is 3. The number of hydrogen-bond donors (Lipinski definition) is 3. The van der Waals surface area contributed by atoms with Gasteiger partial charge in [-0.1, -0.05) is 13.3 Å². The predicted molar refractivity (Wildman–Crippen MR) is 76.1 cm³/mol. The van der Waals surface area contributed by atoms with E-state index in [1.165, 1.54) is 12.1 Å². The number of benzene rings is 1. The summed E-state index contributed by atoms with van der Waals surface area (Å²) in [6.07, 6.45) is 1.81. The van der Waals surface area contributed by atoms with E-state index in [1.54, 1.807) is 13.0 Å². The van der Waals surface area contributed by atoms with Crippen LogP contribution < -0.4 is 11.1 Å². The van der Waals surface area contributed by atoms with Gasteiger partial charge in [0.25, 0.3) is 5.91 Å². The van der Waals surface area contributed by atoms with Crippen LogP contribution in [-0.2, 0) is 6.42 Å². The maximum atomic E-state index is 13.9. The van der Waals surface area contributed by atoms with Crippen molar-refractivity contribution in [3.8, 4) is 0 Å². The van der Waals surface area contributed by atoms with E-state index >= 15 is 0 Å². The topological polar surface area (TPSA) is 83.8 Å². The highest BCUT2D eigenvalue weighted by molar-refractivity contribution is 6.04. The van der Waals surface area contributed by atoms with Crippen LogP contribution in [-0.4, -0.2) is 16.1 Å². The second-order valence-corrected chi connectivity index (χ2v) is 4.68. The van der Waals surface area contributed by atoms with Crippen LogP contribution in [0, 0.1) is 12.7 Å². The Morgan fingerprint density at radius 1 is 1.45 bits per heavy atom. The Balaban J connectivity index is 2.19. The number of halogens is 1. The van der Waals surface area contributed by atoms with Crippen molar-refractivity contribution in [2.45, 2.75) is 26.7 Å². The van der Waals surface area contributed by atoms with Gasteiger partial charge < -0.3 is 11.1 Å². The van der Waals surface area contributed by atoms with E-state index in [2.05, 4.69) is 15.5 Å². The van der Waals surface area contributed by atoms with Gasteiger partial charge in [-0.05, 0) is 31.0 Å². The molecular formula is C14H17FN4O. The van der Waals surface area contributed by atoms with Gasteiger partial charge in [0, 0.05) is 17.4 Å². The van der Waals surface area contributed by atoms with Crippen LogP contribution in [0.25, 0.3) is 0 Å². The molecule has 2 aromatic rings. The molecule has 1 heterocycles. The fraction of sp³-hybridized carbons (Fsp3) is 0.286. The second kappa shape index (κ2) is 5.73. The van der Waals surface area contributed by atoms with Gasteiger partial charge in [-0.2, -0.15) is 5.10 Å². The van der Waals surface area contributed by atoms with Crippen LogP contribution >= 0.6 is 0 Å². The molecule has 0 fully saturated rings. The summed E-state index contributed by atoms with van der Waals surface area (Å²) in [6, 6.07) is 4.54. The average molecular weight is 276 g/mol. The van der Waals surface area contributed by atoms with Gasteiger partial charge in [-0.25, -0.2) is 4.39 Å². The minimum absolute atomic E-state index is 0.0810. The van der Waals surface area contributed by atoms with Gasteiger partial charge in [-0.15, -0.1) is 0 Å². The highest BCUT2D eigenvalue weighted by atomic mass is 19.1. The molecule has 6 heteroatoms. The van der Waals surface area contributed by atoms with Crippen molar-refractivity contribution in [2.75, 3.05) is 11.1 Å². The Labute approximate surface area is 116 Å². The van der Waals surface area contributed by atoms with E-state index in [4.69, 9.17) is 5.73 Å². The summed E-state index contributed by atoms with van der Waals surface area (Å²) in [5.41, 5.74) is 7.16. The predicted octanol–water partition coefficient (Wildman–Crippen LogP) is 2.64. The number of nitrogens with one attached hydrogen (secondary N) is 2. The minimum Gasteiger partial charge on any atom is -0.399 e. The van der Waals surface area contributed by atoms with Crippen molar-refractivity contribution < 1.29 is 9.18 Å². The largest absolute Gasteiger partial charge is 0.399 e. The Morgan fingerprint density at radius 2 is 2.20 bits per heavy atom. The number of rotatable bonds is 4. The lowest BCUT2D eigenvalue weighted by Crippen LogP contribution is -2.15. The lowest BCUT2D eigenvalue weighted by Gasteiger charge is -2.07. The molecule has 0 saturated heterocycles. The van der Waals surface area contributed by atoms with Crippen molar-refractivity contribution in [3.63, 3.8) is 0 Å². The summed E-state index contributed by atoms with van der Waals surface area (Å²) in [7, 11) is 0. The summed E-state index contributed by atoms with van der Waals surface area (Å²) in [6.45, 7) is 3.61. The van der Waals surface area contributed by atoms with Crippen LogP contribution in [0.5, 0.6) is 0 Å². The second-order valence-electron chi connectivity index (χ2n) is 4.68. The summed E-state index contributed by atoms with van der Waals surface area (Å²) in [5.74, 6) is -0.758. The van der Waals surface area contributed by atoms with Gasteiger partial charge in [0.1, 0.15) is 5.82 Å². The van der Waals surface area contributed by atoms with E-state index in [-0.39, 0.29) is 5.56 Å². The van der Waals surface area contributed by atoms with E-state index in [1.807, 2.05) is 6.92 Å². The van der Waals surface area contributed by atoms with E-state index in [9.17, 15) is 9.18 Å². The zero-order valence-corrected chi connectivity index (χ0v) is 11.5. The first-order valence-corrected chi connectivity index (χ1v) is 6.42.